The molecule has 2 rings (SSSR count). The minimum absolute atomic E-state index is 0.0418. The van der Waals surface area contributed by atoms with Crippen molar-refractivity contribution in [3.8, 4) is 0 Å². The highest BCUT2D eigenvalue weighted by Gasteiger charge is 2.38. The van der Waals surface area contributed by atoms with Gasteiger partial charge in [-0.25, -0.2) is 9.59 Å². The fourth-order valence-corrected chi connectivity index (χ4v) is 2.27. The van der Waals surface area contributed by atoms with E-state index in [4.69, 9.17) is 24.2 Å². The molecule has 1 aromatic heterocycles. The number of carboxylic acid groups (broad SMARTS) is 2. The summed E-state index contributed by atoms with van der Waals surface area (Å²) in [4.78, 5) is 19.4. The number of ether oxygens (including phenoxy) is 1. The van der Waals surface area contributed by atoms with Gasteiger partial charge < -0.3 is 24.7 Å². The van der Waals surface area contributed by atoms with Crippen LogP contribution in [-0.4, -0.2) is 51.8 Å². The summed E-state index contributed by atoms with van der Waals surface area (Å²) in [7, 11) is 1.58. The number of halogens is 3. The monoisotopic (exact) mass is 369 g/mol. The van der Waals surface area contributed by atoms with Crippen molar-refractivity contribution in [3.63, 3.8) is 0 Å². The third kappa shape index (κ3) is 7.37. The quantitative estimate of drug-likeness (QED) is 0.735. The van der Waals surface area contributed by atoms with E-state index < -0.39 is 18.2 Å². The van der Waals surface area contributed by atoms with Gasteiger partial charge in [-0.2, -0.15) is 13.2 Å². The lowest BCUT2D eigenvalue weighted by Gasteiger charge is -2.26. The van der Waals surface area contributed by atoms with Crippen LogP contribution < -0.4 is 5.32 Å². The molecule has 1 heterocycles. The second-order valence-electron chi connectivity index (χ2n) is 5.27. The number of amides is 1. The molecule has 0 radical (unpaired) electrons. The summed E-state index contributed by atoms with van der Waals surface area (Å²) < 4.78 is 42.1. The molecule has 9 nitrogen and oxygen atoms in total. The minimum atomic E-state index is -5.08. The molecule has 142 valence electrons. The zero-order valence-corrected chi connectivity index (χ0v) is 13.2. The Morgan fingerprint density at radius 1 is 1.24 bits per heavy atom. The van der Waals surface area contributed by atoms with Gasteiger partial charge in [0.15, 0.2) is 0 Å². The van der Waals surface area contributed by atoms with Gasteiger partial charge in [0.2, 0.25) is 11.8 Å². The Morgan fingerprint density at radius 2 is 1.80 bits per heavy atom. The summed E-state index contributed by atoms with van der Waals surface area (Å²) in [6.45, 7) is 0.322. The summed E-state index contributed by atoms with van der Waals surface area (Å²) in [6, 6.07) is 0.0418. The first-order chi connectivity index (χ1) is 11.6. The smallest absolute Gasteiger partial charge is 0.475 e. The fourth-order valence-electron chi connectivity index (χ4n) is 2.27. The van der Waals surface area contributed by atoms with Gasteiger partial charge in [-0.05, 0) is 25.7 Å². The molecule has 1 aliphatic carbocycles. The SMILES string of the molecule is COCc1nnc([C@H]2CC[C@H](NC(=O)O)CC2)o1.O=C(O)C(F)(F)F. The number of hydrogen-bond acceptors (Lipinski definition) is 6. The molecule has 1 aliphatic rings. The number of alkyl halides is 3. The van der Waals surface area contributed by atoms with Gasteiger partial charge in [-0.15, -0.1) is 10.2 Å². The molecular weight excluding hydrogens is 351 g/mol. The topological polar surface area (TPSA) is 135 Å². The molecule has 1 aromatic rings. The molecule has 0 atom stereocenters. The Bertz CT molecular complexity index is 570. The summed E-state index contributed by atoms with van der Waals surface area (Å²) >= 11 is 0. The van der Waals surface area contributed by atoms with Crippen LogP contribution in [0.15, 0.2) is 4.42 Å². The van der Waals surface area contributed by atoms with Gasteiger partial charge >= 0.3 is 18.2 Å². The van der Waals surface area contributed by atoms with Crippen molar-refractivity contribution < 1.29 is 42.1 Å². The van der Waals surface area contributed by atoms with Gasteiger partial charge in [0.25, 0.3) is 0 Å². The molecule has 12 heteroatoms. The van der Waals surface area contributed by atoms with Crippen molar-refractivity contribution >= 4 is 12.1 Å². The van der Waals surface area contributed by atoms with Crippen LogP contribution in [0.3, 0.4) is 0 Å². The zero-order chi connectivity index (χ0) is 19.0. The van der Waals surface area contributed by atoms with Crippen LogP contribution in [0.1, 0.15) is 43.4 Å². The Kier molecular flexibility index (Phi) is 7.61. The molecule has 0 saturated heterocycles. The van der Waals surface area contributed by atoms with E-state index >= 15 is 0 Å². The van der Waals surface area contributed by atoms with Gasteiger partial charge in [0.05, 0.1) is 0 Å². The molecule has 0 bridgehead atoms. The van der Waals surface area contributed by atoms with Crippen molar-refractivity contribution in [1.82, 2.24) is 15.5 Å². The highest BCUT2D eigenvalue weighted by Crippen LogP contribution is 2.32. The van der Waals surface area contributed by atoms with Crippen molar-refractivity contribution in [1.29, 1.82) is 0 Å². The lowest BCUT2D eigenvalue weighted by molar-refractivity contribution is -0.192. The maximum Gasteiger partial charge on any atom is 0.490 e. The number of nitrogens with zero attached hydrogens (tertiary/aromatic N) is 2. The zero-order valence-electron chi connectivity index (χ0n) is 13.2. The van der Waals surface area contributed by atoms with E-state index in [1.807, 2.05) is 0 Å². The van der Waals surface area contributed by atoms with E-state index in [9.17, 15) is 18.0 Å². The van der Waals surface area contributed by atoms with E-state index in [0.717, 1.165) is 25.7 Å². The van der Waals surface area contributed by atoms with Gasteiger partial charge in [0, 0.05) is 19.1 Å². The molecule has 0 unspecified atom stereocenters. The van der Waals surface area contributed by atoms with Crippen molar-refractivity contribution in [2.45, 2.75) is 50.4 Å². The molecule has 1 amide bonds. The first-order valence-corrected chi connectivity index (χ1v) is 7.24. The van der Waals surface area contributed by atoms with E-state index in [0.29, 0.717) is 18.4 Å². The van der Waals surface area contributed by atoms with Crippen molar-refractivity contribution in [2.75, 3.05) is 7.11 Å². The third-order valence-corrected chi connectivity index (χ3v) is 3.40. The van der Waals surface area contributed by atoms with E-state index in [1.165, 1.54) is 0 Å². The van der Waals surface area contributed by atoms with Gasteiger partial charge in [-0.1, -0.05) is 0 Å². The molecule has 1 fully saturated rings. The van der Waals surface area contributed by atoms with Gasteiger partial charge in [-0.3, -0.25) is 0 Å². The molecular formula is C13H18F3N3O6. The number of carboxylic acids is 1. The van der Waals surface area contributed by atoms with Crippen LogP contribution in [0.2, 0.25) is 0 Å². The molecule has 3 N–H and O–H groups in total. The average molecular weight is 369 g/mol. The van der Waals surface area contributed by atoms with Crippen LogP contribution in [0.25, 0.3) is 0 Å². The van der Waals surface area contributed by atoms with E-state index in [2.05, 4.69) is 15.5 Å². The maximum absolute atomic E-state index is 10.6. The standard InChI is InChI=1S/C11H17N3O4.C2HF3O2/c1-17-6-9-13-14-10(18-9)7-2-4-8(5-3-7)12-11(15)16;3-2(4,5)1(6)7/h7-8,12H,2-6H2,1H3,(H,15,16);(H,6,7)/t7-,8-;. The predicted molar refractivity (Wildman–Crippen MR) is 74.9 cm³/mol. The average Bonchev–Trinajstić information content (AvgIpc) is 2.96. The largest absolute Gasteiger partial charge is 0.490 e. The molecule has 25 heavy (non-hydrogen) atoms. The first kappa shape index (κ1) is 20.7. The second kappa shape index (κ2) is 9.20. The second-order valence-corrected chi connectivity index (χ2v) is 5.27. The minimum Gasteiger partial charge on any atom is -0.475 e. The lowest BCUT2D eigenvalue weighted by Crippen LogP contribution is -2.36. The van der Waals surface area contributed by atoms with Crippen LogP contribution in [0, 0.1) is 0 Å². The molecule has 1 saturated carbocycles. The summed E-state index contributed by atoms with van der Waals surface area (Å²) in [5.74, 6) is -1.41. The highest BCUT2D eigenvalue weighted by atomic mass is 19.4. The maximum atomic E-state index is 10.6. The van der Waals surface area contributed by atoms with Gasteiger partial charge in [0.1, 0.15) is 6.61 Å². The van der Waals surface area contributed by atoms with Crippen LogP contribution >= 0.6 is 0 Å². The van der Waals surface area contributed by atoms with Crippen molar-refractivity contribution in [2.24, 2.45) is 0 Å². The van der Waals surface area contributed by atoms with Crippen LogP contribution in [-0.2, 0) is 16.1 Å². The third-order valence-electron chi connectivity index (χ3n) is 3.40. The number of methoxy groups -OCH3 is 1. The normalized spacial score (nSPS) is 20.3. The van der Waals surface area contributed by atoms with Crippen LogP contribution in [0.5, 0.6) is 0 Å². The Hall–Kier alpha value is -2.37. The number of nitrogens with one attached hydrogen (secondary N) is 1. The number of carbonyl (C=O) groups is 2. The Balaban J connectivity index is 0.000000381. The molecule has 0 aliphatic heterocycles. The van der Waals surface area contributed by atoms with Crippen molar-refractivity contribution in [3.05, 3.63) is 11.8 Å². The molecule has 0 spiro atoms. The number of aliphatic carboxylic acids is 1. The highest BCUT2D eigenvalue weighted by molar-refractivity contribution is 5.73. The Morgan fingerprint density at radius 3 is 2.24 bits per heavy atom. The Labute approximate surface area is 140 Å². The summed E-state index contributed by atoms with van der Waals surface area (Å²) in [5.41, 5.74) is 0. The number of aromatic nitrogens is 2. The van der Waals surface area contributed by atoms with E-state index in [1.54, 1.807) is 7.11 Å². The number of rotatable bonds is 4. The number of hydrogen-bond donors (Lipinski definition) is 3. The molecule has 0 aromatic carbocycles. The fraction of sp³-hybridized carbons (Fsp3) is 0.692. The summed E-state index contributed by atoms with van der Waals surface area (Å²) in [6.07, 6.45) is -2.71. The van der Waals surface area contributed by atoms with Crippen LogP contribution in [0.4, 0.5) is 18.0 Å². The first-order valence-electron chi connectivity index (χ1n) is 7.24. The van der Waals surface area contributed by atoms with E-state index in [-0.39, 0.29) is 12.0 Å². The summed E-state index contributed by atoms with van der Waals surface area (Å²) in [5, 5.41) is 26.2. The lowest BCUT2D eigenvalue weighted by atomic mass is 9.86. The predicted octanol–water partition coefficient (Wildman–Crippen LogP) is 2.14.